The van der Waals surface area contributed by atoms with Crippen LogP contribution < -0.4 is 10.2 Å². The van der Waals surface area contributed by atoms with Crippen molar-refractivity contribution in [3.05, 3.63) is 78.1 Å². The van der Waals surface area contributed by atoms with Crippen LogP contribution in [0.5, 0.6) is 0 Å². The number of para-hydroxylation sites is 1. The van der Waals surface area contributed by atoms with Gasteiger partial charge in [-0.3, -0.25) is 9.78 Å². The van der Waals surface area contributed by atoms with Gasteiger partial charge in [0.05, 0.1) is 11.4 Å². The Labute approximate surface area is 153 Å². The van der Waals surface area contributed by atoms with Crippen LogP contribution in [0.2, 0.25) is 0 Å². The van der Waals surface area contributed by atoms with Gasteiger partial charge >= 0.3 is 0 Å². The molecular formula is C22H21N3O. The number of carbonyl (C=O) groups excluding carboxylic acids is 1. The van der Waals surface area contributed by atoms with E-state index in [-0.39, 0.29) is 5.91 Å². The highest BCUT2D eigenvalue weighted by molar-refractivity contribution is 6.00. The topological polar surface area (TPSA) is 45.2 Å². The van der Waals surface area contributed by atoms with E-state index in [9.17, 15) is 4.79 Å². The fourth-order valence-corrected chi connectivity index (χ4v) is 3.44. The Kier molecular flexibility index (Phi) is 4.40. The SMILES string of the molecule is CN1C(=O)CCc2cccc(-c3cncc(NCc4ccccc4)c3)c21. The molecule has 1 aromatic heterocycles. The van der Waals surface area contributed by atoms with E-state index < -0.39 is 0 Å². The van der Waals surface area contributed by atoms with E-state index in [2.05, 4.69) is 46.7 Å². The number of benzene rings is 2. The molecule has 0 spiro atoms. The molecule has 26 heavy (non-hydrogen) atoms. The Morgan fingerprint density at radius 2 is 1.88 bits per heavy atom. The molecule has 130 valence electrons. The van der Waals surface area contributed by atoms with Gasteiger partial charge in [0, 0.05) is 43.5 Å². The third-order valence-electron chi connectivity index (χ3n) is 4.83. The van der Waals surface area contributed by atoms with Crippen molar-refractivity contribution in [2.75, 3.05) is 17.3 Å². The maximum Gasteiger partial charge on any atom is 0.227 e. The lowest BCUT2D eigenvalue weighted by atomic mass is 9.94. The van der Waals surface area contributed by atoms with Crippen molar-refractivity contribution in [2.24, 2.45) is 0 Å². The molecule has 2 aromatic carbocycles. The first-order valence-electron chi connectivity index (χ1n) is 8.84. The predicted octanol–water partition coefficient (Wildman–Crippen LogP) is 4.27. The van der Waals surface area contributed by atoms with Crippen LogP contribution >= 0.6 is 0 Å². The highest BCUT2D eigenvalue weighted by Gasteiger charge is 2.24. The summed E-state index contributed by atoms with van der Waals surface area (Å²) in [5.41, 5.74) is 6.47. The van der Waals surface area contributed by atoms with Crippen molar-refractivity contribution in [3.8, 4) is 11.1 Å². The largest absolute Gasteiger partial charge is 0.380 e. The van der Waals surface area contributed by atoms with Crippen LogP contribution in [0.1, 0.15) is 17.5 Å². The molecule has 0 bridgehead atoms. The van der Waals surface area contributed by atoms with E-state index in [1.165, 1.54) is 11.1 Å². The van der Waals surface area contributed by atoms with E-state index in [0.29, 0.717) is 6.42 Å². The maximum absolute atomic E-state index is 12.2. The number of nitrogens with one attached hydrogen (secondary N) is 1. The number of hydrogen-bond donors (Lipinski definition) is 1. The number of carbonyl (C=O) groups is 1. The monoisotopic (exact) mass is 343 g/mol. The van der Waals surface area contributed by atoms with Crippen LogP contribution in [0, 0.1) is 0 Å². The second kappa shape index (κ2) is 7.00. The average Bonchev–Trinajstić information content (AvgIpc) is 2.70. The number of amides is 1. The average molecular weight is 343 g/mol. The van der Waals surface area contributed by atoms with Crippen LogP contribution in [0.3, 0.4) is 0 Å². The minimum Gasteiger partial charge on any atom is -0.380 e. The van der Waals surface area contributed by atoms with Crippen molar-refractivity contribution < 1.29 is 4.79 Å². The molecule has 0 fully saturated rings. The molecule has 0 atom stereocenters. The molecule has 1 N–H and O–H groups in total. The summed E-state index contributed by atoms with van der Waals surface area (Å²) < 4.78 is 0. The zero-order valence-corrected chi connectivity index (χ0v) is 14.8. The normalized spacial score (nSPS) is 13.4. The Balaban J connectivity index is 1.64. The molecule has 3 aromatic rings. The van der Waals surface area contributed by atoms with Gasteiger partial charge in [-0.15, -0.1) is 0 Å². The quantitative estimate of drug-likeness (QED) is 0.769. The van der Waals surface area contributed by atoms with E-state index in [4.69, 9.17) is 0 Å². The van der Waals surface area contributed by atoms with Gasteiger partial charge in [0.1, 0.15) is 0 Å². The summed E-state index contributed by atoms with van der Waals surface area (Å²) in [7, 11) is 1.86. The van der Waals surface area contributed by atoms with Crippen LogP contribution in [0.25, 0.3) is 11.1 Å². The molecule has 0 saturated carbocycles. The summed E-state index contributed by atoms with van der Waals surface area (Å²) in [4.78, 5) is 18.3. The zero-order chi connectivity index (χ0) is 17.9. The molecule has 4 heteroatoms. The zero-order valence-electron chi connectivity index (χ0n) is 14.8. The van der Waals surface area contributed by atoms with Crippen molar-refractivity contribution in [1.82, 2.24) is 4.98 Å². The van der Waals surface area contributed by atoms with E-state index in [0.717, 1.165) is 35.5 Å². The number of aromatic nitrogens is 1. The van der Waals surface area contributed by atoms with Gasteiger partial charge in [0.15, 0.2) is 0 Å². The van der Waals surface area contributed by atoms with Crippen LogP contribution in [-0.4, -0.2) is 17.9 Å². The van der Waals surface area contributed by atoms with Gasteiger partial charge < -0.3 is 10.2 Å². The number of fused-ring (bicyclic) bond motifs is 1. The number of aryl methyl sites for hydroxylation is 1. The summed E-state index contributed by atoms with van der Waals surface area (Å²) in [6.45, 7) is 0.747. The first-order chi connectivity index (χ1) is 12.7. The number of nitrogens with zero attached hydrogens (tertiary/aromatic N) is 2. The number of hydrogen-bond acceptors (Lipinski definition) is 3. The molecule has 1 amide bonds. The first kappa shape index (κ1) is 16.3. The van der Waals surface area contributed by atoms with Crippen LogP contribution in [-0.2, 0) is 17.8 Å². The van der Waals surface area contributed by atoms with E-state index in [1.54, 1.807) is 4.90 Å². The minimum absolute atomic E-state index is 0.163. The predicted molar refractivity (Wildman–Crippen MR) is 105 cm³/mol. The summed E-state index contributed by atoms with van der Waals surface area (Å²) in [5.74, 6) is 0.163. The molecule has 0 radical (unpaired) electrons. The van der Waals surface area contributed by atoms with E-state index in [1.807, 2.05) is 37.6 Å². The highest BCUT2D eigenvalue weighted by atomic mass is 16.2. The summed E-state index contributed by atoms with van der Waals surface area (Å²) in [5, 5.41) is 3.43. The van der Waals surface area contributed by atoms with Crippen molar-refractivity contribution in [3.63, 3.8) is 0 Å². The highest BCUT2D eigenvalue weighted by Crippen LogP contribution is 2.37. The third-order valence-corrected chi connectivity index (χ3v) is 4.83. The summed E-state index contributed by atoms with van der Waals surface area (Å²) >= 11 is 0. The molecular weight excluding hydrogens is 322 g/mol. The lowest BCUT2D eigenvalue weighted by Gasteiger charge is -2.28. The summed E-state index contributed by atoms with van der Waals surface area (Å²) in [6.07, 6.45) is 5.06. The summed E-state index contributed by atoms with van der Waals surface area (Å²) in [6, 6.07) is 18.6. The third kappa shape index (κ3) is 3.18. The van der Waals surface area contributed by atoms with Crippen LogP contribution in [0.4, 0.5) is 11.4 Å². The van der Waals surface area contributed by atoms with Gasteiger partial charge in [0.2, 0.25) is 5.91 Å². The molecule has 1 aliphatic heterocycles. The lowest BCUT2D eigenvalue weighted by Crippen LogP contribution is -2.31. The number of anilines is 2. The molecule has 0 aliphatic carbocycles. The maximum atomic E-state index is 12.2. The Morgan fingerprint density at radius 1 is 1.04 bits per heavy atom. The van der Waals surface area contributed by atoms with Crippen LogP contribution in [0.15, 0.2) is 67.0 Å². The lowest BCUT2D eigenvalue weighted by molar-refractivity contribution is -0.118. The Morgan fingerprint density at radius 3 is 2.73 bits per heavy atom. The molecule has 4 rings (SSSR count). The first-order valence-corrected chi connectivity index (χ1v) is 8.84. The van der Waals surface area contributed by atoms with E-state index >= 15 is 0 Å². The van der Waals surface area contributed by atoms with Gasteiger partial charge in [-0.1, -0.05) is 48.5 Å². The Hall–Kier alpha value is -3.14. The smallest absolute Gasteiger partial charge is 0.227 e. The van der Waals surface area contributed by atoms with Gasteiger partial charge in [-0.05, 0) is 23.6 Å². The van der Waals surface area contributed by atoms with Crippen molar-refractivity contribution in [1.29, 1.82) is 0 Å². The van der Waals surface area contributed by atoms with Gasteiger partial charge in [-0.2, -0.15) is 0 Å². The molecule has 1 aliphatic rings. The molecule has 2 heterocycles. The second-order valence-electron chi connectivity index (χ2n) is 6.57. The Bertz CT molecular complexity index is 937. The minimum atomic E-state index is 0.163. The number of pyridine rings is 1. The molecule has 4 nitrogen and oxygen atoms in total. The second-order valence-corrected chi connectivity index (χ2v) is 6.57. The fraction of sp³-hybridized carbons (Fsp3) is 0.182. The molecule has 0 saturated heterocycles. The standard InChI is InChI=1S/C22H21N3O/c1-25-21(26)11-10-17-8-5-9-20(22(17)25)18-12-19(15-23-14-18)24-13-16-6-3-2-4-7-16/h2-9,12,14-15,24H,10-11,13H2,1H3. The van der Waals surface area contributed by atoms with Crippen molar-refractivity contribution in [2.45, 2.75) is 19.4 Å². The fourth-order valence-electron chi connectivity index (χ4n) is 3.44. The van der Waals surface area contributed by atoms with Crippen molar-refractivity contribution >= 4 is 17.3 Å². The van der Waals surface area contributed by atoms with Gasteiger partial charge in [-0.25, -0.2) is 0 Å². The van der Waals surface area contributed by atoms with Gasteiger partial charge in [0.25, 0.3) is 0 Å². The number of rotatable bonds is 4. The molecule has 0 unspecified atom stereocenters.